The summed E-state index contributed by atoms with van der Waals surface area (Å²) in [6, 6.07) is 15.1. The fraction of sp³-hybridized carbons (Fsp3) is 0.269. The van der Waals surface area contributed by atoms with Crippen molar-refractivity contribution in [3.63, 3.8) is 0 Å². The van der Waals surface area contributed by atoms with E-state index in [1.54, 1.807) is 25.9 Å². The van der Waals surface area contributed by atoms with Crippen molar-refractivity contribution in [3.05, 3.63) is 75.4 Å². The molecule has 1 N–H and O–H groups in total. The van der Waals surface area contributed by atoms with Crippen LogP contribution in [-0.4, -0.2) is 49.1 Å². The van der Waals surface area contributed by atoms with Crippen LogP contribution in [0.4, 0.5) is 0 Å². The molecule has 0 radical (unpaired) electrons. The molecule has 8 nitrogen and oxygen atoms in total. The van der Waals surface area contributed by atoms with Crippen LogP contribution in [0.5, 0.6) is 17.2 Å². The molecule has 0 spiro atoms. The van der Waals surface area contributed by atoms with Gasteiger partial charge in [-0.2, -0.15) is 0 Å². The zero-order valence-corrected chi connectivity index (χ0v) is 21.9. The van der Waals surface area contributed by atoms with Gasteiger partial charge in [0, 0.05) is 6.54 Å². The summed E-state index contributed by atoms with van der Waals surface area (Å²) in [5.41, 5.74) is 2.50. The highest BCUT2D eigenvalue weighted by Gasteiger charge is 2.15. The maximum atomic E-state index is 13.2. The Balaban J connectivity index is 1.41. The number of thiophene rings is 1. The molecule has 0 bridgehead atoms. The second-order valence-corrected chi connectivity index (χ2v) is 9.71. The van der Waals surface area contributed by atoms with E-state index in [-0.39, 0.29) is 17.2 Å². The quantitative estimate of drug-likeness (QED) is 0.234. The molecule has 2 heterocycles. The van der Waals surface area contributed by atoms with Crippen molar-refractivity contribution in [3.8, 4) is 17.2 Å². The number of fused-ring (bicyclic) bond motifs is 1. The molecular weight excluding hydrogens is 498 g/mol. The number of hydrogen-bond donors (Lipinski definition) is 1. The molecule has 0 saturated heterocycles. The smallest absolute Gasteiger partial charge is 0.272 e. The molecule has 0 unspecified atom stereocenters. The van der Waals surface area contributed by atoms with Crippen LogP contribution in [0.15, 0.2) is 63.9 Å². The van der Waals surface area contributed by atoms with E-state index < -0.39 is 0 Å². The van der Waals surface area contributed by atoms with Gasteiger partial charge in [0.2, 0.25) is 5.91 Å². The number of nitrogens with zero attached hydrogens (tertiary/aromatic N) is 2. The monoisotopic (exact) mass is 525 g/mol. The van der Waals surface area contributed by atoms with Gasteiger partial charge < -0.3 is 19.5 Å². The molecule has 1 amide bonds. The average molecular weight is 526 g/mol. The van der Waals surface area contributed by atoms with Gasteiger partial charge in [-0.25, -0.2) is 4.98 Å². The van der Waals surface area contributed by atoms with E-state index in [0.29, 0.717) is 46.4 Å². The summed E-state index contributed by atoms with van der Waals surface area (Å²) in [7, 11) is 4.80. The lowest BCUT2D eigenvalue weighted by Crippen LogP contribution is -2.28. The van der Waals surface area contributed by atoms with Crippen LogP contribution >= 0.6 is 23.1 Å². The number of carbonyl (C=O) groups excluding carboxylic acids is 1. The largest absolute Gasteiger partial charge is 0.497 e. The molecule has 0 aliphatic carbocycles. The third kappa shape index (κ3) is 6.00. The van der Waals surface area contributed by atoms with Gasteiger partial charge in [0.15, 0.2) is 16.7 Å². The van der Waals surface area contributed by atoms with Gasteiger partial charge in [-0.05, 0) is 53.3 Å². The molecule has 188 valence electrons. The number of aromatic nitrogens is 2. The van der Waals surface area contributed by atoms with E-state index in [9.17, 15) is 9.59 Å². The Bertz CT molecular complexity index is 1400. The molecule has 0 fully saturated rings. The molecular formula is C26H27N3O5S2. The van der Waals surface area contributed by atoms with Crippen LogP contribution < -0.4 is 25.1 Å². The van der Waals surface area contributed by atoms with Crippen molar-refractivity contribution < 1.29 is 19.0 Å². The Kier molecular flexibility index (Phi) is 8.50. The molecule has 4 rings (SSSR count). The van der Waals surface area contributed by atoms with Crippen molar-refractivity contribution >= 4 is 39.2 Å². The van der Waals surface area contributed by atoms with Crippen LogP contribution in [-0.2, 0) is 17.8 Å². The second kappa shape index (κ2) is 12.0. The molecule has 2 aromatic heterocycles. The van der Waals surface area contributed by atoms with E-state index in [0.717, 1.165) is 16.9 Å². The normalized spacial score (nSPS) is 10.9. The van der Waals surface area contributed by atoms with E-state index in [1.165, 1.54) is 23.1 Å². The number of hydrogen-bond acceptors (Lipinski definition) is 8. The third-order valence-electron chi connectivity index (χ3n) is 5.55. The number of rotatable bonds is 11. The number of amides is 1. The standard InChI is InChI=1S/C26H27N3O5S2/c1-32-19-7-4-18(5-8-19)15-29-25(31)24-20(11-13-35-24)28-26(29)36-16-23(30)27-12-10-17-6-9-21(33-2)22(14-17)34-3/h4-9,11,13-14H,10,12,15-16H2,1-3H3,(H,27,30). The predicted octanol–water partition coefficient (Wildman–Crippen LogP) is 3.98. The molecule has 36 heavy (non-hydrogen) atoms. The van der Waals surface area contributed by atoms with Gasteiger partial charge in [0.1, 0.15) is 10.4 Å². The molecule has 4 aromatic rings. The Morgan fingerprint density at radius 3 is 2.47 bits per heavy atom. The van der Waals surface area contributed by atoms with Gasteiger partial charge in [-0.15, -0.1) is 11.3 Å². The van der Waals surface area contributed by atoms with E-state index >= 15 is 0 Å². The summed E-state index contributed by atoms with van der Waals surface area (Å²) in [5.74, 6) is 2.09. The van der Waals surface area contributed by atoms with Crippen LogP contribution in [0.1, 0.15) is 11.1 Å². The number of ether oxygens (including phenoxy) is 3. The highest BCUT2D eigenvalue weighted by molar-refractivity contribution is 7.99. The summed E-state index contributed by atoms with van der Waals surface area (Å²) in [4.78, 5) is 30.4. The summed E-state index contributed by atoms with van der Waals surface area (Å²) in [6.45, 7) is 0.831. The van der Waals surface area contributed by atoms with Gasteiger partial charge >= 0.3 is 0 Å². The lowest BCUT2D eigenvalue weighted by molar-refractivity contribution is -0.118. The summed E-state index contributed by atoms with van der Waals surface area (Å²) in [5, 5.41) is 5.30. The first-order valence-electron chi connectivity index (χ1n) is 11.2. The average Bonchev–Trinajstić information content (AvgIpc) is 3.38. The number of benzene rings is 2. The van der Waals surface area contributed by atoms with Crippen molar-refractivity contribution in [1.82, 2.24) is 14.9 Å². The van der Waals surface area contributed by atoms with E-state index in [1.807, 2.05) is 53.9 Å². The minimum Gasteiger partial charge on any atom is -0.497 e. The number of carbonyl (C=O) groups is 1. The van der Waals surface area contributed by atoms with Crippen molar-refractivity contribution in [2.75, 3.05) is 33.6 Å². The van der Waals surface area contributed by atoms with Crippen LogP contribution in [0.25, 0.3) is 10.2 Å². The lowest BCUT2D eigenvalue weighted by Gasteiger charge is -2.13. The number of nitrogens with one attached hydrogen (secondary N) is 1. The maximum Gasteiger partial charge on any atom is 0.272 e. The van der Waals surface area contributed by atoms with E-state index in [4.69, 9.17) is 14.2 Å². The number of thioether (sulfide) groups is 1. The highest BCUT2D eigenvalue weighted by Crippen LogP contribution is 2.27. The first-order valence-corrected chi connectivity index (χ1v) is 13.1. The maximum absolute atomic E-state index is 13.2. The Labute approximate surface area is 217 Å². The minimum absolute atomic E-state index is 0.109. The molecule has 0 aliphatic rings. The van der Waals surface area contributed by atoms with Crippen molar-refractivity contribution in [1.29, 1.82) is 0 Å². The third-order valence-corrected chi connectivity index (χ3v) is 7.41. The fourth-order valence-electron chi connectivity index (χ4n) is 3.65. The lowest BCUT2D eigenvalue weighted by atomic mass is 10.1. The van der Waals surface area contributed by atoms with Crippen molar-refractivity contribution in [2.45, 2.75) is 18.1 Å². The molecule has 10 heteroatoms. The first kappa shape index (κ1) is 25.6. The van der Waals surface area contributed by atoms with Crippen LogP contribution in [0, 0.1) is 0 Å². The Morgan fingerprint density at radius 2 is 1.75 bits per heavy atom. The first-order chi connectivity index (χ1) is 17.5. The summed E-state index contributed by atoms with van der Waals surface area (Å²) in [6.07, 6.45) is 0.651. The molecule has 0 aliphatic heterocycles. The SMILES string of the molecule is COc1ccc(Cn2c(SCC(=O)NCCc3ccc(OC)c(OC)c3)nc3ccsc3c2=O)cc1. The van der Waals surface area contributed by atoms with Gasteiger partial charge in [-0.3, -0.25) is 14.2 Å². The van der Waals surface area contributed by atoms with Crippen LogP contribution in [0.2, 0.25) is 0 Å². The van der Waals surface area contributed by atoms with Crippen molar-refractivity contribution in [2.24, 2.45) is 0 Å². The zero-order valence-electron chi connectivity index (χ0n) is 20.3. The predicted molar refractivity (Wildman–Crippen MR) is 143 cm³/mol. The Hall–Kier alpha value is -3.50. The second-order valence-electron chi connectivity index (χ2n) is 7.85. The topological polar surface area (TPSA) is 91.7 Å². The highest BCUT2D eigenvalue weighted by atomic mass is 32.2. The number of methoxy groups -OCH3 is 3. The van der Waals surface area contributed by atoms with Gasteiger partial charge in [0.25, 0.3) is 5.56 Å². The van der Waals surface area contributed by atoms with E-state index in [2.05, 4.69) is 10.3 Å². The molecule has 2 aromatic carbocycles. The summed E-state index contributed by atoms with van der Waals surface area (Å²) < 4.78 is 18.1. The fourth-order valence-corrected chi connectivity index (χ4v) is 5.26. The van der Waals surface area contributed by atoms with Gasteiger partial charge in [-0.1, -0.05) is 30.0 Å². The molecule has 0 saturated carbocycles. The van der Waals surface area contributed by atoms with Crippen LogP contribution in [0.3, 0.4) is 0 Å². The Morgan fingerprint density at radius 1 is 1.00 bits per heavy atom. The minimum atomic E-state index is -0.129. The summed E-state index contributed by atoms with van der Waals surface area (Å²) >= 11 is 2.63. The van der Waals surface area contributed by atoms with Gasteiger partial charge in [0.05, 0.1) is 39.1 Å². The zero-order chi connectivity index (χ0) is 25.5. The molecule has 0 atom stereocenters.